The van der Waals surface area contributed by atoms with Crippen LogP contribution in [-0.4, -0.2) is 4.40 Å². The Morgan fingerprint density at radius 1 is 0.750 bits per heavy atom. The van der Waals surface area contributed by atoms with E-state index in [1.807, 2.05) is 66.7 Å². The van der Waals surface area contributed by atoms with Gasteiger partial charge in [-0.15, -0.1) is 0 Å². The average Bonchev–Trinajstić information content (AvgIpc) is 2.86. The number of pyridine rings is 1. The van der Waals surface area contributed by atoms with Gasteiger partial charge in [-0.2, -0.15) is 0 Å². The molecule has 0 saturated carbocycles. The molecule has 0 spiro atoms. The van der Waals surface area contributed by atoms with Gasteiger partial charge in [0.25, 0.3) is 0 Å². The van der Waals surface area contributed by atoms with Crippen molar-refractivity contribution in [2.24, 2.45) is 0 Å². The minimum atomic E-state index is -0.351. The second kappa shape index (κ2) is 4.10. The molecule has 0 aliphatic carbocycles. The fourth-order valence-electron chi connectivity index (χ4n) is 2.56. The number of aromatic nitrogens is 1. The molecular weight excluding hydrogens is 250 g/mol. The van der Waals surface area contributed by atoms with Crippen LogP contribution in [0, 0.1) is 0 Å². The summed E-state index contributed by atoms with van der Waals surface area (Å²) in [6.45, 7) is 0. The molecule has 0 aliphatic rings. The highest BCUT2D eigenvalue weighted by Gasteiger charge is 2.13. The summed E-state index contributed by atoms with van der Waals surface area (Å²) in [5.74, 6) is 0.261. The molecule has 0 aliphatic heterocycles. The zero-order valence-electron chi connectivity index (χ0n) is 10.6. The van der Waals surface area contributed by atoms with Crippen molar-refractivity contribution < 1.29 is 4.42 Å². The minimum absolute atomic E-state index is 0.351. The lowest BCUT2D eigenvalue weighted by Crippen LogP contribution is -2.05. The Bertz CT molecular complexity index is 965. The molecule has 0 atom stereocenters. The van der Waals surface area contributed by atoms with E-state index in [1.54, 1.807) is 4.40 Å². The van der Waals surface area contributed by atoms with E-state index in [2.05, 4.69) is 0 Å². The first-order valence-electron chi connectivity index (χ1n) is 6.43. The van der Waals surface area contributed by atoms with Crippen molar-refractivity contribution in [2.75, 3.05) is 0 Å². The van der Waals surface area contributed by atoms with Gasteiger partial charge in [0.05, 0.1) is 11.0 Å². The molecule has 20 heavy (non-hydrogen) atoms. The molecule has 0 saturated heterocycles. The Labute approximate surface area is 114 Å². The molecule has 0 unspecified atom stereocenters. The summed E-state index contributed by atoms with van der Waals surface area (Å²) in [4.78, 5) is 12.2. The molecule has 4 aromatic rings. The summed E-state index contributed by atoms with van der Waals surface area (Å²) in [6.07, 6.45) is 0. The number of benzene rings is 2. The maximum absolute atomic E-state index is 12.2. The largest absolute Gasteiger partial charge is 0.424 e. The molecule has 3 nitrogen and oxygen atoms in total. The third-order valence-corrected chi connectivity index (χ3v) is 3.48. The van der Waals surface area contributed by atoms with Crippen LogP contribution >= 0.6 is 0 Å². The lowest BCUT2D eigenvalue weighted by atomic mass is 10.1. The van der Waals surface area contributed by atoms with E-state index in [4.69, 9.17) is 4.42 Å². The lowest BCUT2D eigenvalue weighted by Gasteiger charge is -2.01. The first kappa shape index (κ1) is 11.1. The number of oxazole rings is 1. The Morgan fingerprint density at radius 3 is 2.35 bits per heavy atom. The lowest BCUT2D eigenvalue weighted by molar-refractivity contribution is 0.522. The zero-order valence-corrected chi connectivity index (χ0v) is 10.6. The highest BCUT2D eigenvalue weighted by atomic mass is 16.4. The fraction of sp³-hybridized carbons (Fsp3) is 0. The van der Waals surface area contributed by atoms with Gasteiger partial charge < -0.3 is 4.42 Å². The van der Waals surface area contributed by atoms with Crippen molar-refractivity contribution >= 4 is 16.4 Å². The van der Waals surface area contributed by atoms with Gasteiger partial charge >= 0.3 is 5.76 Å². The monoisotopic (exact) mass is 261 g/mol. The van der Waals surface area contributed by atoms with E-state index in [0.717, 1.165) is 22.0 Å². The Hall–Kier alpha value is -2.81. The van der Waals surface area contributed by atoms with Crippen LogP contribution in [0.1, 0.15) is 0 Å². The average molecular weight is 261 g/mol. The van der Waals surface area contributed by atoms with Gasteiger partial charge in [-0.25, -0.2) is 9.20 Å². The quantitative estimate of drug-likeness (QED) is 0.523. The van der Waals surface area contributed by atoms with Crippen molar-refractivity contribution in [2.45, 2.75) is 0 Å². The molecule has 0 radical (unpaired) electrons. The molecule has 0 N–H and O–H groups in total. The summed E-state index contributed by atoms with van der Waals surface area (Å²) in [6, 6.07) is 21.4. The predicted octanol–water partition coefficient (Wildman–Crippen LogP) is 3.71. The van der Waals surface area contributed by atoms with Crippen LogP contribution in [0.15, 0.2) is 75.9 Å². The van der Waals surface area contributed by atoms with Crippen molar-refractivity contribution in [3.8, 4) is 11.3 Å². The predicted molar refractivity (Wildman–Crippen MR) is 78.9 cm³/mol. The number of para-hydroxylation sites is 1. The topological polar surface area (TPSA) is 34.6 Å². The van der Waals surface area contributed by atoms with Gasteiger partial charge in [0, 0.05) is 5.56 Å². The van der Waals surface area contributed by atoms with E-state index in [-0.39, 0.29) is 5.76 Å². The van der Waals surface area contributed by atoms with Gasteiger partial charge in [-0.1, -0.05) is 54.6 Å². The highest BCUT2D eigenvalue weighted by Crippen LogP contribution is 2.26. The molecule has 2 heterocycles. The standard InChI is InChI=1S/C17H11NO2/c19-17-18-14-9-5-4-6-12(14)10-11-15(18)16(20-17)13-7-2-1-3-8-13/h1-11H. The first-order valence-corrected chi connectivity index (χ1v) is 6.43. The number of fused-ring (bicyclic) bond motifs is 3. The van der Waals surface area contributed by atoms with Crippen LogP contribution in [0.3, 0.4) is 0 Å². The van der Waals surface area contributed by atoms with Crippen molar-refractivity contribution in [3.63, 3.8) is 0 Å². The molecule has 3 heteroatoms. The summed E-state index contributed by atoms with van der Waals surface area (Å²) >= 11 is 0. The van der Waals surface area contributed by atoms with Gasteiger partial charge in [-0.05, 0) is 17.5 Å². The van der Waals surface area contributed by atoms with E-state index in [0.29, 0.717) is 5.76 Å². The van der Waals surface area contributed by atoms with Crippen molar-refractivity contribution in [1.29, 1.82) is 0 Å². The number of nitrogens with zero attached hydrogens (tertiary/aromatic N) is 1. The van der Waals surface area contributed by atoms with Crippen LogP contribution in [0.5, 0.6) is 0 Å². The van der Waals surface area contributed by atoms with Crippen LogP contribution in [0.4, 0.5) is 0 Å². The van der Waals surface area contributed by atoms with E-state index >= 15 is 0 Å². The van der Waals surface area contributed by atoms with E-state index in [9.17, 15) is 4.79 Å². The normalized spacial score (nSPS) is 11.2. The summed E-state index contributed by atoms with van der Waals surface area (Å²) < 4.78 is 7.09. The molecule has 0 bridgehead atoms. The fourth-order valence-corrected chi connectivity index (χ4v) is 2.56. The maximum Gasteiger partial charge on any atom is 0.424 e. The number of hydrogen-bond acceptors (Lipinski definition) is 2. The molecule has 0 amide bonds. The van der Waals surface area contributed by atoms with Crippen LogP contribution in [0.25, 0.3) is 27.7 Å². The number of rotatable bonds is 1. The summed E-state index contributed by atoms with van der Waals surface area (Å²) in [7, 11) is 0. The second-order valence-corrected chi connectivity index (χ2v) is 4.68. The molecule has 4 rings (SSSR count). The summed E-state index contributed by atoms with van der Waals surface area (Å²) in [5, 5.41) is 1.02. The van der Waals surface area contributed by atoms with Crippen molar-refractivity contribution in [3.05, 3.63) is 77.3 Å². The molecule has 0 fully saturated rings. The summed E-state index contributed by atoms with van der Waals surface area (Å²) in [5.41, 5.74) is 2.56. The molecule has 2 aromatic carbocycles. The highest BCUT2D eigenvalue weighted by molar-refractivity contribution is 5.86. The van der Waals surface area contributed by atoms with Crippen LogP contribution < -0.4 is 5.76 Å². The zero-order chi connectivity index (χ0) is 13.5. The van der Waals surface area contributed by atoms with Gasteiger partial charge in [0.1, 0.15) is 0 Å². The van der Waals surface area contributed by atoms with Gasteiger partial charge in [-0.3, -0.25) is 0 Å². The van der Waals surface area contributed by atoms with E-state index < -0.39 is 0 Å². The Morgan fingerprint density at radius 2 is 1.50 bits per heavy atom. The van der Waals surface area contributed by atoms with Gasteiger partial charge in [0.15, 0.2) is 5.76 Å². The van der Waals surface area contributed by atoms with Gasteiger partial charge in [0.2, 0.25) is 0 Å². The van der Waals surface area contributed by atoms with E-state index in [1.165, 1.54) is 0 Å². The minimum Gasteiger partial charge on any atom is -0.407 e. The smallest absolute Gasteiger partial charge is 0.407 e. The molecule has 2 aromatic heterocycles. The van der Waals surface area contributed by atoms with Crippen LogP contribution in [0.2, 0.25) is 0 Å². The maximum atomic E-state index is 12.2. The van der Waals surface area contributed by atoms with Crippen molar-refractivity contribution in [1.82, 2.24) is 4.40 Å². The Balaban J connectivity index is 2.16. The van der Waals surface area contributed by atoms with Crippen LogP contribution in [-0.2, 0) is 0 Å². The SMILES string of the molecule is O=c1oc(-c2ccccc2)c2ccc3ccccc3n12. The third-order valence-electron chi connectivity index (χ3n) is 3.48. The first-order chi connectivity index (χ1) is 9.84. The number of hydrogen-bond donors (Lipinski definition) is 0. The Kier molecular flexibility index (Phi) is 2.27. The second-order valence-electron chi connectivity index (χ2n) is 4.68. The molecule has 96 valence electrons. The molecular formula is C17H11NO2. The third kappa shape index (κ3) is 1.50.